The molecule has 1 aromatic rings. The minimum atomic E-state index is -0.0470. The number of hydrogen-bond donors (Lipinski definition) is 0. The van der Waals surface area contributed by atoms with Gasteiger partial charge < -0.3 is 14.2 Å². The molecule has 2 atom stereocenters. The van der Waals surface area contributed by atoms with Gasteiger partial charge in [0.1, 0.15) is 12.4 Å². The zero-order valence-electron chi connectivity index (χ0n) is 12.3. The topological polar surface area (TPSA) is 44.8 Å². The van der Waals surface area contributed by atoms with Crippen LogP contribution in [0, 0.1) is 0 Å². The van der Waals surface area contributed by atoms with E-state index < -0.39 is 0 Å². The normalized spacial score (nSPS) is 26.2. The van der Waals surface area contributed by atoms with Crippen molar-refractivity contribution >= 4 is 5.78 Å². The van der Waals surface area contributed by atoms with Crippen molar-refractivity contribution in [2.45, 2.75) is 45.0 Å². The van der Waals surface area contributed by atoms with Crippen LogP contribution in [0.4, 0.5) is 0 Å². The van der Waals surface area contributed by atoms with Gasteiger partial charge in [0, 0.05) is 0 Å². The molecule has 1 heterocycles. The lowest BCUT2D eigenvalue weighted by atomic mass is 10.0. The van der Waals surface area contributed by atoms with Crippen LogP contribution in [0.3, 0.4) is 0 Å². The highest BCUT2D eigenvalue weighted by atomic mass is 16.5. The summed E-state index contributed by atoms with van der Waals surface area (Å²) in [6.07, 6.45) is 2.13. The van der Waals surface area contributed by atoms with E-state index in [2.05, 4.69) is 0 Å². The van der Waals surface area contributed by atoms with Gasteiger partial charge in [-0.25, -0.2) is 0 Å². The molecular weight excluding hydrogens is 256 g/mol. The number of ketones is 1. The minimum Gasteiger partial charge on any atom is -0.496 e. The Morgan fingerprint density at radius 2 is 1.90 bits per heavy atom. The molecule has 0 amide bonds. The average Bonchev–Trinajstić information content (AvgIpc) is 2.43. The number of ether oxygens (including phenoxy) is 3. The number of carbonyl (C=O) groups excluding carboxylic acids is 1. The first-order valence-electron chi connectivity index (χ1n) is 7.03. The largest absolute Gasteiger partial charge is 0.496 e. The van der Waals surface area contributed by atoms with Crippen molar-refractivity contribution < 1.29 is 19.0 Å². The van der Waals surface area contributed by atoms with Crippen molar-refractivity contribution in [3.05, 3.63) is 29.8 Å². The Hall–Kier alpha value is -1.39. The van der Waals surface area contributed by atoms with Crippen LogP contribution in [0.5, 0.6) is 5.75 Å². The third-order valence-electron chi connectivity index (χ3n) is 3.51. The van der Waals surface area contributed by atoms with E-state index in [0.29, 0.717) is 11.3 Å². The summed E-state index contributed by atoms with van der Waals surface area (Å²) >= 11 is 0. The lowest BCUT2D eigenvalue weighted by Crippen LogP contribution is -2.35. The molecule has 4 nitrogen and oxygen atoms in total. The summed E-state index contributed by atoms with van der Waals surface area (Å²) in [5.74, 6) is 0.545. The molecule has 0 spiro atoms. The van der Waals surface area contributed by atoms with Gasteiger partial charge in [0.05, 0.1) is 31.0 Å². The number of benzene rings is 1. The van der Waals surface area contributed by atoms with Crippen molar-refractivity contribution in [2.75, 3.05) is 13.7 Å². The molecule has 1 saturated heterocycles. The molecule has 0 saturated carbocycles. The number of Topliss-reactive ketones (excluding diaryl/α,β-unsaturated/α-hetero) is 1. The molecule has 1 fully saturated rings. The van der Waals surface area contributed by atoms with Gasteiger partial charge >= 0.3 is 0 Å². The van der Waals surface area contributed by atoms with Gasteiger partial charge in [-0.3, -0.25) is 4.79 Å². The lowest BCUT2D eigenvalue weighted by Gasteiger charge is -2.31. The van der Waals surface area contributed by atoms with E-state index >= 15 is 0 Å². The summed E-state index contributed by atoms with van der Waals surface area (Å²) in [6, 6.07) is 7.22. The second-order valence-corrected chi connectivity index (χ2v) is 5.29. The van der Waals surface area contributed by atoms with Gasteiger partial charge in [-0.1, -0.05) is 12.1 Å². The number of hydrogen-bond acceptors (Lipinski definition) is 4. The molecule has 1 aromatic carbocycles. The fourth-order valence-electron chi connectivity index (χ4n) is 2.63. The van der Waals surface area contributed by atoms with Gasteiger partial charge in [0.2, 0.25) is 0 Å². The maximum atomic E-state index is 12.2. The SMILES string of the molecule is COc1ccccc1C(=O)COC1CC(C)OC(C)C1. The summed E-state index contributed by atoms with van der Waals surface area (Å²) in [5.41, 5.74) is 0.572. The summed E-state index contributed by atoms with van der Waals surface area (Å²) in [4.78, 5) is 12.2. The van der Waals surface area contributed by atoms with Crippen molar-refractivity contribution in [2.24, 2.45) is 0 Å². The predicted octanol–water partition coefficient (Wildman–Crippen LogP) is 2.85. The van der Waals surface area contributed by atoms with Crippen molar-refractivity contribution in [3.63, 3.8) is 0 Å². The zero-order chi connectivity index (χ0) is 14.5. The molecule has 0 radical (unpaired) electrons. The van der Waals surface area contributed by atoms with Crippen molar-refractivity contribution in [3.8, 4) is 5.75 Å². The number of methoxy groups -OCH3 is 1. The smallest absolute Gasteiger partial charge is 0.192 e. The van der Waals surface area contributed by atoms with Gasteiger partial charge in [0.25, 0.3) is 0 Å². The molecule has 20 heavy (non-hydrogen) atoms. The molecule has 0 bridgehead atoms. The summed E-state index contributed by atoms with van der Waals surface area (Å²) < 4.78 is 16.6. The number of rotatable bonds is 5. The Balaban J connectivity index is 1.92. The molecule has 2 unspecified atom stereocenters. The van der Waals surface area contributed by atoms with Gasteiger partial charge in [-0.15, -0.1) is 0 Å². The van der Waals surface area contributed by atoms with E-state index in [0.717, 1.165) is 12.8 Å². The lowest BCUT2D eigenvalue weighted by molar-refractivity contribution is -0.0975. The van der Waals surface area contributed by atoms with Crippen molar-refractivity contribution in [1.82, 2.24) is 0 Å². The van der Waals surface area contributed by atoms with E-state index in [9.17, 15) is 4.79 Å². The average molecular weight is 278 g/mol. The summed E-state index contributed by atoms with van der Waals surface area (Å²) in [6.45, 7) is 4.16. The van der Waals surface area contributed by atoms with Crippen LogP contribution >= 0.6 is 0 Å². The zero-order valence-corrected chi connectivity index (χ0v) is 12.3. The standard InChI is InChI=1S/C16H22O4/c1-11-8-13(9-12(2)20-11)19-10-15(17)14-6-4-5-7-16(14)18-3/h4-7,11-13H,8-10H2,1-3H3. The Morgan fingerprint density at radius 1 is 1.25 bits per heavy atom. The molecule has 0 aliphatic carbocycles. The molecule has 1 aliphatic heterocycles. The second kappa shape index (κ2) is 6.86. The van der Waals surface area contributed by atoms with E-state index in [1.54, 1.807) is 19.2 Å². The second-order valence-electron chi connectivity index (χ2n) is 5.29. The molecule has 1 aliphatic rings. The highest BCUT2D eigenvalue weighted by Gasteiger charge is 2.25. The first kappa shape index (κ1) is 15.0. The van der Waals surface area contributed by atoms with Crippen LogP contribution in [0.15, 0.2) is 24.3 Å². The summed E-state index contributed by atoms with van der Waals surface area (Å²) in [7, 11) is 1.56. The number of carbonyl (C=O) groups is 1. The Morgan fingerprint density at radius 3 is 2.55 bits per heavy atom. The molecule has 0 aromatic heterocycles. The van der Waals surface area contributed by atoms with Gasteiger partial charge in [-0.2, -0.15) is 0 Å². The van der Waals surface area contributed by atoms with Crippen LogP contribution in [0.1, 0.15) is 37.0 Å². The van der Waals surface area contributed by atoms with Crippen LogP contribution in [-0.2, 0) is 9.47 Å². The first-order chi connectivity index (χ1) is 9.60. The van der Waals surface area contributed by atoms with Gasteiger partial charge in [0.15, 0.2) is 5.78 Å². The van der Waals surface area contributed by atoms with Crippen LogP contribution in [0.25, 0.3) is 0 Å². The Bertz CT molecular complexity index is 448. The van der Waals surface area contributed by atoms with Crippen LogP contribution < -0.4 is 4.74 Å². The highest BCUT2D eigenvalue weighted by molar-refractivity contribution is 5.99. The molecule has 110 valence electrons. The quantitative estimate of drug-likeness (QED) is 0.777. The van der Waals surface area contributed by atoms with Crippen LogP contribution in [-0.4, -0.2) is 37.8 Å². The van der Waals surface area contributed by atoms with E-state index in [1.165, 1.54) is 0 Å². The van der Waals surface area contributed by atoms with E-state index in [-0.39, 0.29) is 30.7 Å². The maximum absolute atomic E-state index is 12.2. The molecular formula is C16H22O4. The van der Waals surface area contributed by atoms with Crippen LogP contribution in [0.2, 0.25) is 0 Å². The van der Waals surface area contributed by atoms with E-state index in [1.807, 2.05) is 26.0 Å². The maximum Gasteiger partial charge on any atom is 0.192 e. The molecule has 4 heteroatoms. The minimum absolute atomic E-state index is 0.0470. The Kier molecular flexibility index (Phi) is 5.15. The Labute approximate surface area is 120 Å². The fourth-order valence-corrected chi connectivity index (χ4v) is 2.63. The van der Waals surface area contributed by atoms with E-state index in [4.69, 9.17) is 14.2 Å². The summed E-state index contributed by atoms with van der Waals surface area (Å²) in [5, 5.41) is 0. The molecule has 0 N–H and O–H groups in total. The molecule has 2 rings (SSSR count). The highest BCUT2D eigenvalue weighted by Crippen LogP contribution is 2.23. The predicted molar refractivity (Wildman–Crippen MR) is 76.3 cm³/mol. The van der Waals surface area contributed by atoms with Crippen molar-refractivity contribution in [1.29, 1.82) is 0 Å². The first-order valence-corrected chi connectivity index (χ1v) is 7.03. The fraction of sp³-hybridized carbons (Fsp3) is 0.562. The number of para-hydroxylation sites is 1. The third-order valence-corrected chi connectivity index (χ3v) is 3.51. The van der Waals surface area contributed by atoms with Gasteiger partial charge in [-0.05, 0) is 38.8 Å². The monoisotopic (exact) mass is 278 g/mol. The third kappa shape index (κ3) is 3.81.